The van der Waals surface area contributed by atoms with Crippen molar-refractivity contribution in [2.24, 2.45) is 17.6 Å². The quantitative estimate of drug-likeness (QED) is 0.721. The highest BCUT2D eigenvalue weighted by atomic mass is 16.6. The molecule has 1 heterocycles. The average molecular weight is 419 g/mol. The molecular weight excluding hydrogens is 380 g/mol. The van der Waals surface area contributed by atoms with Crippen molar-refractivity contribution in [2.45, 2.75) is 78.6 Å². The van der Waals surface area contributed by atoms with E-state index in [2.05, 4.69) is 6.07 Å². The minimum absolute atomic E-state index is 0.153. The van der Waals surface area contributed by atoms with Crippen molar-refractivity contribution in [2.75, 3.05) is 13.1 Å². The van der Waals surface area contributed by atoms with Gasteiger partial charge in [0.15, 0.2) is 0 Å². The molecule has 0 aliphatic carbocycles. The predicted octanol–water partition coefficient (Wildman–Crippen LogP) is 4.29. The number of ether oxygens (including phenoxy) is 2. The molecule has 6 heteroatoms. The number of piperidine rings is 1. The van der Waals surface area contributed by atoms with Gasteiger partial charge >= 0.3 is 12.1 Å². The van der Waals surface area contributed by atoms with Gasteiger partial charge in [-0.05, 0) is 77.8 Å². The Labute approximate surface area is 181 Å². The number of likely N-dealkylation sites (tertiary alicyclic amines) is 1. The third kappa shape index (κ3) is 7.63. The van der Waals surface area contributed by atoms with Crippen molar-refractivity contribution in [1.29, 1.82) is 0 Å². The molecule has 30 heavy (non-hydrogen) atoms. The molecule has 1 atom stereocenters. The normalized spacial score (nSPS) is 16.8. The first kappa shape index (κ1) is 24.2. The third-order valence-electron chi connectivity index (χ3n) is 5.15. The molecule has 1 aliphatic rings. The van der Waals surface area contributed by atoms with Crippen molar-refractivity contribution < 1.29 is 19.1 Å². The molecule has 1 aromatic carbocycles. The topological polar surface area (TPSA) is 81.9 Å². The monoisotopic (exact) mass is 418 g/mol. The molecule has 1 fully saturated rings. The van der Waals surface area contributed by atoms with Crippen LogP contribution in [0.5, 0.6) is 0 Å². The molecular formula is C24H38N2O4. The molecule has 1 aliphatic heterocycles. The number of hydrogen-bond acceptors (Lipinski definition) is 5. The van der Waals surface area contributed by atoms with Crippen molar-refractivity contribution in [3.05, 3.63) is 35.4 Å². The second-order valence-corrected chi connectivity index (χ2v) is 10.2. The summed E-state index contributed by atoms with van der Waals surface area (Å²) in [4.78, 5) is 27.2. The van der Waals surface area contributed by atoms with Crippen molar-refractivity contribution in [3.63, 3.8) is 0 Å². The number of carbonyl (C=O) groups is 2. The standard InChI is InChI=1S/C24H38N2O4/c1-23(2,3)29-21(27)20(15-17-8-7-9-18(14-17)16-25)19-10-12-26(13-11-19)22(28)30-24(4,5)6/h7-9,14,19-20H,10-13,15-16,25H2,1-6H3/t20-/m0/s1. The summed E-state index contributed by atoms with van der Waals surface area (Å²) in [7, 11) is 0. The third-order valence-corrected chi connectivity index (χ3v) is 5.15. The van der Waals surface area contributed by atoms with E-state index in [0.717, 1.165) is 24.0 Å². The van der Waals surface area contributed by atoms with Crippen molar-refractivity contribution in [1.82, 2.24) is 4.90 Å². The van der Waals surface area contributed by atoms with Gasteiger partial charge in [-0.25, -0.2) is 4.79 Å². The summed E-state index contributed by atoms with van der Waals surface area (Å²) >= 11 is 0. The summed E-state index contributed by atoms with van der Waals surface area (Å²) in [5, 5.41) is 0. The first-order valence-electron chi connectivity index (χ1n) is 10.9. The Morgan fingerprint density at radius 3 is 2.13 bits per heavy atom. The Kier molecular flexibility index (Phi) is 7.92. The summed E-state index contributed by atoms with van der Waals surface area (Å²) in [6.07, 6.45) is 1.82. The van der Waals surface area contributed by atoms with E-state index in [9.17, 15) is 9.59 Å². The molecule has 6 nitrogen and oxygen atoms in total. The summed E-state index contributed by atoms with van der Waals surface area (Å²) in [6.45, 7) is 12.9. The van der Waals surface area contributed by atoms with Gasteiger partial charge in [0.05, 0.1) is 5.92 Å². The zero-order valence-electron chi connectivity index (χ0n) is 19.4. The first-order chi connectivity index (χ1) is 13.9. The summed E-state index contributed by atoms with van der Waals surface area (Å²) in [6, 6.07) is 8.07. The lowest BCUT2D eigenvalue weighted by Gasteiger charge is -2.36. The minimum atomic E-state index is -0.536. The van der Waals surface area contributed by atoms with Crippen LogP contribution in [0.2, 0.25) is 0 Å². The molecule has 0 spiro atoms. The zero-order valence-corrected chi connectivity index (χ0v) is 19.4. The number of amides is 1. The number of hydrogen-bond donors (Lipinski definition) is 1. The molecule has 0 saturated carbocycles. The molecule has 0 bridgehead atoms. The summed E-state index contributed by atoms with van der Waals surface area (Å²) < 4.78 is 11.2. The molecule has 2 rings (SSSR count). The lowest BCUT2D eigenvalue weighted by atomic mass is 9.80. The number of rotatable bonds is 5. The average Bonchev–Trinajstić information content (AvgIpc) is 2.63. The van der Waals surface area contributed by atoms with Crippen LogP contribution in [0.15, 0.2) is 24.3 Å². The Morgan fingerprint density at radius 1 is 1.03 bits per heavy atom. The Morgan fingerprint density at radius 2 is 1.60 bits per heavy atom. The Balaban J connectivity index is 2.11. The molecule has 168 valence electrons. The second kappa shape index (κ2) is 9.82. The van der Waals surface area contributed by atoms with Gasteiger partial charge in [-0.15, -0.1) is 0 Å². The van der Waals surface area contributed by atoms with E-state index in [0.29, 0.717) is 26.1 Å². The van der Waals surface area contributed by atoms with E-state index in [1.807, 2.05) is 59.7 Å². The predicted molar refractivity (Wildman–Crippen MR) is 118 cm³/mol. The molecule has 0 unspecified atom stereocenters. The Hall–Kier alpha value is -2.08. The molecule has 1 saturated heterocycles. The minimum Gasteiger partial charge on any atom is -0.460 e. The van der Waals surface area contributed by atoms with Gasteiger partial charge in [0, 0.05) is 19.6 Å². The molecule has 1 aromatic rings. The van der Waals surface area contributed by atoms with E-state index in [1.54, 1.807) is 4.90 Å². The van der Waals surface area contributed by atoms with Gasteiger partial charge in [-0.2, -0.15) is 0 Å². The van der Waals surface area contributed by atoms with Crippen LogP contribution in [0.4, 0.5) is 4.79 Å². The van der Waals surface area contributed by atoms with Gasteiger partial charge in [0.25, 0.3) is 0 Å². The SMILES string of the molecule is CC(C)(C)OC(=O)[C@@H](Cc1cccc(CN)c1)C1CCN(C(=O)OC(C)(C)C)CC1. The van der Waals surface area contributed by atoms with Crippen molar-refractivity contribution in [3.8, 4) is 0 Å². The lowest BCUT2D eigenvalue weighted by molar-refractivity contribution is -0.162. The lowest BCUT2D eigenvalue weighted by Crippen LogP contribution is -2.44. The van der Waals surface area contributed by atoms with Crippen LogP contribution in [0.3, 0.4) is 0 Å². The fourth-order valence-corrected chi connectivity index (χ4v) is 3.77. The van der Waals surface area contributed by atoms with Crippen LogP contribution in [-0.4, -0.2) is 41.3 Å². The van der Waals surface area contributed by atoms with Crippen LogP contribution in [-0.2, 0) is 27.2 Å². The summed E-state index contributed by atoms with van der Waals surface area (Å²) in [5.74, 6) is -0.269. The van der Waals surface area contributed by atoms with E-state index >= 15 is 0 Å². The van der Waals surface area contributed by atoms with Gasteiger partial charge < -0.3 is 20.1 Å². The van der Waals surface area contributed by atoms with Gasteiger partial charge in [-0.1, -0.05) is 24.3 Å². The van der Waals surface area contributed by atoms with E-state index in [-0.39, 0.29) is 23.9 Å². The van der Waals surface area contributed by atoms with E-state index in [4.69, 9.17) is 15.2 Å². The number of esters is 1. The van der Waals surface area contributed by atoms with Gasteiger partial charge in [0.1, 0.15) is 11.2 Å². The summed E-state index contributed by atoms with van der Waals surface area (Å²) in [5.41, 5.74) is 6.87. The van der Waals surface area contributed by atoms with E-state index < -0.39 is 11.2 Å². The van der Waals surface area contributed by atoms with E-state index in [1.165, 1.54) is 0 Å². The largest absolute Gasteiger partial charge is 0.460 e. The Bertz CT molecular complexity index is 725. The van der Waals surface area contributed by atoms with Crippen LogP contribution in [0.1, 0.15) is 65.5 Å². The number of benzene rings is 1. The van der Waals surface area contributed by atoms with Crippen LogP contribution in [0.25, 0.3) is 0 Å². The highest BCUT2D eigenvalue weighted by Gasteiger charge is 2.36. The highest BCUT2D eigenvalue weighted by Crippen LogP contribution is 2.31. The maximum absolute atomic E-state index is 13.1. The highest BCUT2D eigenvalue weighted by molar-refractivity contribution is 5.74. The van der Waals surface area contributed by atoms with Crippen LogP contribution < -0.4 is 5.73 Å². The maximum atomic E-state index is 13.1. The number of nitrogens with two attached hydrogens (primary N) is 1. The van der Waals surface area contributed by atoms with Gasteiger partial charge in [0.2, 0.25) is 0 Å². The molecule has 1 amide bonds. The van der Waals surface area contributed by atoms with Crippen LogP contribution >= 0.6 is 0 Å². The van der Waals surface area contributed by atoms with Crippen LogP contribution in [0, 0.1) is 11.8 Å². The first-order valence-corrected chi connectivity index (χ1v) is 10.9. The van der Waals surface area contributed by atoms with Gasteiger partial charge in [-0.3, -0.25) is 4.79 Å². The molecule has 2 N–H and O–H groups in total. The zero-order chi connectivity index (χ0) is 22.5. The maximum Gasteiger partial charge on any atom is 0.410 e. The fourth-order valence-electron chi connectivity index (χ4n) is 3.77. The molecule has 0 aromatic heterocycles. The molecule has 0 radical (unpaired) electrons. The smallest absolute Gasteiger partial charge is 0.410 e. The fraction of sp³-hybridized carbons (Fsp3) is 0.667. The van der Waals surface area contributed by atoms with Crippen molar-refractivity contribution >= 4 is 12.1 Å². The number of nitrogens with zero attached hydrogens (tertiary/aromatic N) is 1. The second-order valence-electron chi connectivity index (χ2n) is 10.2. The number of carbonyl (C=O) groups excluding carboxylic acids is 2.